The molecule has 0 radical (unpaired) electrons. The van der Waals surface area contributed by atoms with Crippen molar-refractivity contribution in [2.24, 2.45) is 34.5 Å². The van der Waals surface area contributed by atoms with Crippen LogP contribution in [0.2, 0.25) is 0 Å². The molecule has 2 heterocycles. The number of aliphatic hydroxyl groups is 2. The number of allylic oxidation sites excluding steroid dienone is 6. The summed E-state index contributed by atoms with van der Waals surface area (Å²) in [5.74, 6) is 2.15. The van der Waals surface area contributed by atoms with Gasteiger partial charge in [0.05, 0.1) is 38.6 Å². The van der Waals surface area contributed by atoms with Gasteiger partial charge in [0.15, 0.2) is 11.6 Å². The molecular formula is C40H56O6. The minimum absolute atomic E-state index is 0.101. The fraction of sp³-hybridized carbons (Fsp3) is 0.800. The molecule has 2 saturated carbocycles. The Labute approximate surface area is 275 Å². The quantitative estimate of drug-likeness (QED) is 0.289. The number of hydrogen-bond donors (Lipinski definition) is 2. The second-order valence-electron chi connectivity index (χ2n) is 17.2. The summed E-state index contributed by atoms with van der Waals surface area (Å²) in [6.45, 7) is 7.67. The van der Waals surface area contributed by atoms with Gasteiger partial charge in [0.2, 0.25) is 0 Å². The van der Waals surface area contributed by atoms with Gasteiger partial charge in [-0.1, -0.05) is 37.1 Å². The molecule has 0 aromatic heterocycles. The molecule has 2 spiro atoms. The van der Waals surface area contributed by atoms with Gasteiger partial charge in [-0.15, -0.1) is 0 Å². The van der Waals surface area contributed by atoms with Crippen LogP contribution >= 0.6 is 0 Å². The first-order valence-electron chi connectivity index (χ1n) is 19.0. The molecule has 0 unspecified atom stereocenters. The molecule has 6 nitrogen and oxygen atoms in total. The lowest BCUT2D eigenvalue weighted by atomic mass is 9.58. The van der Waals surface area contributed by atoms with Gasteiger partial charge in [-0.05, 0) is 123 Å². The highest BCUT2D eigenvalue weighted by atomic mass is 16.7. The summed E-state index contributed by atoms with van der Waals surface area (Å²) in [6.07, 6.45) is 22.4. The fourth-order valence-electron chi connectivity index (χ4n) is 12.5. The van der Waals surface area contributed by atoms with Crippen LogP contribution in [0.4, 0.5) is 0 Å². The predicted molar refractivity (Wildman–Crippen MR) is 176 cm³/mol. The molecule has 8 atom stereocenters. The molecule has 252 valence electrons. The minimum atomic E-state index is -0.293. The summed E-state index contributed by atoms with van der Waals surface area (Å²) in [6, 6.07) is 0. The third-order valence-corrected chi connectivity index (χ3v) is 15.2. The van der Waals surface area contributed by atoms with E-state index in [9.17, 15) is 10.2 Å². The van der Waals surface area contributed by atoms with E-state index in [1.165, 1.54) is 38.5 Å². The van der Waals surface area contributed by atoms with E-state index in [4.69, 9.17) is 18.9 Å². The van der Waals surface area contributed by atoms with Crippen molar-refractivity contribution >= 4 is 0 Å². The molecule has 0 aromatic rings. The summed E-state index contributed by atoms with van der Waals surface area (Å²) in [5.41, 5.74) is 9.99. The third kappa shape index (κ3) is 4.63. The first kappa shape index (κ1) is 30.8. The third-order valence-electron chi connectivity index (χ3n) is 15.2. The van der Waals surface area contributed by atoms with Crippen molar-refractivity contribution in [1.82, 2.24) is 0 Å². The summed E-state index contributed by atoms with van der Waals surface area (Å²) in [4.78, 5) is 0. The van der Waals surface area contributed by atoms with Gasteiger partial charge in [-0.25, -0.2) is 0 Å². The summed E-state index contributed by atoms with van der Waals surface area (Å²) >= 11 is 0. The lowest BCUT2D eigenvalue weighted by Crippen LogP contribution is -2.42. The Hall–Kier alpha value is -1.28. The predicted octanol–water partition coefficient (Wildman–Crippen LogP) is 7.45. The number of rotatable bonds is 0. The molecule has 0 bridgehead atoms. The topological polar surface area (TPSA) is 77.4 Å². The Morgan fingerprint density at radius 2 is 0.978 bits per heavy atom. The Balaban J connectivity index is 0.000000127. The van der Waals surface area contributed by atoms with E-state index < -0.39 is 0 Å². The molecule has 46 heavy (non-hydrogen) atoms. The second kappa shape index (κ2) is 11.1. The second-order valence-corrected chi connectivity index (χ2v) is 17.2. The average molecular weight is 633 g/mol. The molecule has 10 rings (SSSR count). The van der Waals surface area contributed by atoms with Crippen molar-refractivity contribution < 1.29 is 29.2 Å². The maximum Gasteiger partial charge on any atom is 0.172 e. The van der Waals surface area contributed by atoms with Gasteiger partial charge in [0.25, 0.3) is 0 Å². The van der Waals surface area contributed by atoms with Crippen LogP contribution in [0.1, 0.15) is 117 Å². The zero-order chi connectivity index (χ0) is 31.3. The lowest BCUT2D eigenvalue weighted by Gasteiger charge is -2.48. The van der Waals surface area contributed by atoms with Gasteiger partial charge >= 0.3 is 0 Å². The number of hydrogen-bond acceptors (Lipinski definition) is 6. The average Bonchev–Trinajstić information content (AvgIpc) is 3.85. The zero-order valence-corrected chi connectivity index (χ0v) is 28.3. The molecule has 6 heteroatoms. The van der Waals surface area contributed by atoms with E-state index in [1.807, 2.05) is 0 Å². The van der Waals surface area contributed by atoms with Gasteiger partial charge in [-0.2, -0.15) is 0 Å². The number of ether oxygens (including phenoxy) is 4. The van der Waals surface area contributed by atoms with Crippen molar-refractivity contribution in [3.8, 4) is 0 Å². The van der Waals surface area contributed by atoms with Gasteiger partial charge < -0.3 is 29.2 Å². The SMILES string of the molecule is C[C@]12CC=C3C4=C(CC[C@H]3[C@@H]1CC[C@@H]2O)CC1(CC4)OCCO1.C[C@]12CC=C3C4=C(CC[C@H]3[C@@H]1CC[C@H]2O)CC1(CC4)OCCO1. The zero-order valence-electron chi connectivity index (χ0n) is 28.3. The molecule has 2 N–H and O–H groups in total. The highest BCUT2D eigenvalue weighted by molar-refractivity contribution is 5.46. The van der Waals surface area contributed by atoms with Crippen molar-refractivity contribution in [2.75, 3.05) is 26.4 Å². The molecule has 4 fully saturated rings. The van der Waals surface area contributed by atoms with Crippen LogP contribution in [0.3, 0.4) is 0 Å². The van der Waals surface area contributed by atoms with Crippen molar-refractivity contribution in [3.05, 3.63) is 45.6 Å². The smallest absolute Gasteiger partial charge is 0.172 e. The van der Waals surface area contributed by atoms with Gasteiger partial charge in [0, 0.05) is 36.5 Å². The normalized spacial score (nSPS) is 44.8. The summed E-state index contributed by atoms with van der Waals surface area (Å²) in [7, 11) is 0. The molecule has 2 saturated heterocycles. The maximum absolute atomic E-state index is 10.5. The van der Waals surface area contributed by atoms with E-state index in [0.717, 1.165) is 90.6 Å². The van der Waals surface area contributed by atoms with Gasteiger partial charge in [0.1, 0.15) is 0 Å². The van der Waals surface area contributed by atoms with Gasteiger partial charge in [-0.3, -0.25) is 0 Å². The van der Waals surface area contributed by atoms with E-state index in [2.05, 4.69) is 26.0 Å². The standard InChI is InChI=1S/2C20H28O3/c2*1-19-8-6-15-14-7-9-20(22-10-11-23-20)12-13(14)2-3-16(15)17(19)4-5-18(19)21/h2*6,16-18,21H,2-5,7-12H2,1H3/t16-,17+,18+,19+;16-,17+,18-,19+/m11/s1. The largest absolute Gasteiger partial charge is 0.393 e. The molecule has 0 amide bonds. The Morgan fingerprint density at radius 3 is 1.39 bits per heavy atom. The molecular weight excluding hydrogens is 576 g/mol. The first-order chi connectivity index (χ1) is 22.2. The van der Waals surface area contributed by atoms with Crippen molar-refractivity contribution in [3.63, 3.8) is 0 Å². The van der Waals surface area contributed by atoms with E-state index >= 15 is 0 Å². The summed E-state index contributed by atoms with van der Waals surface area (Å²) < 4.78 is 23.8. The van der Waals surface area contributed by atoms with Crippen molar-refractivity contribution in [2.45, 2.75) is 140 Å². The number of aliphatic hydroxyl groups excluding tert-OH is 2. The van der Waals surface area contributed by atoms with Crippen LogP contribution in [0.25, 0.3) is 0 Å². The summed E-state index contributed by atoms with van der Waals surface area (Å²) in [5, 5.41) is 20.9. The fourth-order valence-corrected chi connectivity index (χ4v) is 12.5. The highest BCUT2D eigenvalue weighted by Gasteiger charge is 2.55. The molecule has 8 aliphatic carbocycles. The first-order valence-corrected chi connectivity index (χ1v) is 19.0. The Bertz CT molecular complexity index is 1270. The van der Waals surface area contributed by atoms with E-state index in [0.29, 0.717) is 23.7 Å². The monoisotopic (exact) mass is 632 g/mol. The highest BCUT2D eigenvalue weighted by Crippen LogP contribution is 2.61. The maximum atomic E-state index is 10.5. The van der Waals surface area contributed by atoms with Crippen LogP contribution in [-0.2, 0) is 18.9 Å². The van der Waals surface area contributed by atoms with Crippen LogP contribution in [-0.4, -0.2) is 60.4 Å². The van der Waals surface area contributed by atoms with E-state index in [-0.39, 0.29) is 34.6 Å². The molecule has 10 aliphatic rings. The number of fused-ring (bicyclic) bond motifs is 8. The van der Waals surface area contributed by atoms with E-state index in [1.54, 1.807) is 33.4 Å². The Kier molecular flexibility index (Phi) is 7.43. The molecule has 0 aromatic carbocycles. The van der Waals surface area contributed by atoms with Crippen LogP contribution in [0, 0.1) is 34.5 Å². The lowest BCUT2D eigenvalue weighted by molar-refractivity contribution is -0.164. The van der Waals surface area contributed by atoms with Crippen molar-refractivity contribution in [1.29, 1.82) is 0 Å². The minimum Gasteiger partial charge on any atom is -0.393 e. The van der Waals surface area contributed by atoms with Crippen LogP contribution in [0.15, 0.2) is 45.6 Å². The van der Waals surface area contributed by atoms with Crippen LogP contribution < -0.4 is 0 Å². The molecule has 2 aliphatic heterocycles. The Morgan fingerprint density at radius 1 is 0.565 bits per heavy atom. The van der Waals surface area contributed by atoms with Crippen LogP contribution in [0.5, 0.6) is 0 Å².